The Balaban J connectivity index is 2.58. The summed E-state index contributed by atoms with van der Waals surface area (Å²) in [4.78, 5) is 0. The Hall–Kier alpha value is 0.0300. The van der Waals surface area contributed by atoms with Crippen molar-refractivity contribution in [3.05, 3.63) is 11.1 Å². The molecule has 0 aromatic carbocycles. The summed E-state index contributed by atoms with van der Waals surface area (Å²) < 4.78 is 0. The van der Waals surface area contributed by atoms with Crippen LogP contribution in [0.4, 0.5) is 0 Å². The maximum absolute atomic E-state index is 5.77. The van der Waals surface area contributed by atoms with E-state index in [0.29, 0.717) is 11.3 Å². The smallest absolute Gasteiger partial charge is 0.0113 e. The number of allylic oxidation sites excluding steroid dienone is 2. The predicted molar refractivity (Wildman–Crippen MR) is 46.0 cm³/mol. The molecular formula is C9H15Cl. The lowest BCUT2D eigenvalue weighted by Crippen LogP contribution is -1.87. The highest BCUT2D eigenvalue weighted by Gasteiger charge is 2.52. The Morgan fingerprint density at radius 1 is 1.50 bits per heavy atom. The Morgan fingerprint density at radius 3 is 2.00 bits per heavy atom. The molecule has 1 fully saturated rings. The summed E-state index contributed by atoms with van der Waals surface area (Å²) in [6.45, 7) is 8.81. The third kappa shape index (κ3) is 1.22. The molecule has 2 atom stereocenters. The second-order valence-corrected chi connectivity index (χ2v) is 4.49. The van der Waals surface area contributed by atoms with Crippen molar-refractivity contribution in [1.82, 2.24) is 0 Å². The van der Waals surface area contributed by atoms with Crippen LogP contribution in [-0.4, -0.2) is 0 Å². The predicted octanol–water partition coefficient (Wildman–Crippen LogP) is 3.42. The lowest BCUT2D eigenvalue weighted by molar-refractivity contribution is 0.570. The van der Waals surface area contributed by atoms with Gasteiger partial charge in [0.15, 0.2) is 0 Å². The van der Waals surface area contributed by atoms with Crippen molar-refractivity contribution in [3.63, 3.8) is 0 Å². The molecule has 0 amide bonds. The van der Waals surface area contributed by atoms with Gasteiger partial charge in [-0.3, -0.25) is 0 Å². The molecule has 0 heterocycles. The molecule has 1 saturated carbocycles. The number of hydrogen-bond acceptors (Lipinski definition) is 0. The quantitative estimate of drug-likeness (QED) is 0.549. The van der Waals surface area contributed by atoms with Gasteiger partial charge < -0.3 is 0 Å². The molecule has 0 saturated heterocycles. The molecule has 1 aliphatic carbocycles. The van der Waals surface area contributed by atoms with E-state index in [4.69, 9.17) is 11.6 Å². The van der Waals surface area contributed by atoms with Gasteiger partial charge in [0.05, 0.1) is 0 Å². The molecule has 0 nitrogen and oxygen atoms in total. The summed E-state index contributed by atoms with van der Waals surface area (Å²) in [7, 11) is 0. The van der Waals surface area contributed by atoms with Crippen molar-refractivity contribution >= 4 is 11.6 Å². The van der Waals surface area contributed by atoms with Crippen molar-refractivity contribution in [1.29, 1.82) is 0 Å². The standard InChI is InChI=1S/C9H15Cl/c1-6(10)5-8-7(2)9(8,3)4/h5,7-8H,1-4H3/b6-5-/t7-,8-/m1/s1. The first-order valence-electron chi connectivity index (χ1n) is 3.80. The number of hydrogen-bond donors (Lipinski definition) is 0. The third-order valence-corrected chi connectivity index (χ3v) is 3.00. The maximum Gasteiger partial charge on any atom is 0.0113 e. The van der Waals surface area contributed by atoms with E-state index in [1.807, 2.05) is 6.92 Å². The topological polar surface area (TPSA) is 0 Å². The van der Waals surface area contributed by atoms with Gasteiger partial charge in [0.25, 0.3) is 0 Å². The van der Waals surface area contributed by atoms with E-state index >= 15 is 0 Å². The summed E-state index contributed by atoms with van der Waals surface area (Å²) in [5.74, 6) is 1.52. The zero-order valence-electron chi connectivity index (χ0n) is 7.11. The summed E-state index contributed by atoms with van der Waals surface area (Å²) >= 11 is 5.77. The van der Waals surface area contributed by atoms with Crippen molar-refractivity contribution in [3.8, 4) is 0 Å². The van der Waals surface area contributed by atoms with Crippen LogP contribution in [0.15, 0.2) is 11.1 Å². The average Bonchev–Trinajstić information content (AvgIpc) is 2.17. The highest BCUT2D eigenvalue weighted by atomic mass is 35.5. The van der Waals surface area contributed by atoms with Crippen LogP contribution >= 0.6 is 11.6 Å². The van der Waals surface area contributed by atoms with Gasteiger partial charge in [-0.05, 0) is 24.2 Å². The summed E-state index contributed by atoms with van der Waals surface area (Å²) in [6, 6.07) is 0. The zero-order chi connectivity index (χ0) is 7.94. The molecule has 0 N–H and O–H groups in total. The van der Waals surface area contributed by atoms with Gasteiger partial charge in [-0.15, -0.1) is 0 Å². The summed E-state index contributed by atoms with van der Waals surface area (Å²) in [6.07, 6.45) is 2.17. The van der Waals surface area contributed by atoms with Gasteiger partial charge in [-0.25, -0.2) is 0 Å². The molecule has 0 aromatic heterocycles. The SMILES string of the molecule is C/C(Cl)=C/[C@@H]1[C@@H](C)C1(C)C. The van der Waals surface area contributed by atoms with Crippen molar-refractivity contribution < 1.29 is 0 Å². The molecule has 0 aliphatic heterocycles. The first-order chi connectivity index (χ1) is 4.46. The highest BCUT2D eigenvalue weighted by Crippen LogP contribution is 2.58. The van der Waals surface area contributed by atoms with Crippen LogP contribution in [0.3, 0.4) is 0 Å². The molecule has 0 bridgehead atoms. The van der Waals surface area contributed by atoms with Crippen LogP contribution in [0, 0.1) is 17.3 Å². The molecular weight excluding hydrogens is 144 g/mol. The van der Waals surface area contributed by atoms with Crippen LogP contribution in [0.25, 0.3) is 0 Å². The van der Waals surface area contributed by atoms with Gasteiger partial charge in [0.1, 0.15) is 0 Å². The largest absolute Gasteiger partial charge is 0.0898 e. The lowest BCUT2D eigenvalue weighted by Gasteiger charge is -1.96. The van der Waals surface area contributed by atoms with E-state index in [1.54, 1.807) is 0 Å². The molecule has 0 unspecified atom stereocenters. The monoisotopic (exact) mass is 158 g/mol. The Labute approximate surface area is 68.3 Å². The normalized spacial score (nSPS) is 37.9. The highest BCUT2D eigenvalue weighted by molar-refractivity contribution is 6.29. The van der Waals surface area contributed by atoms with Crippen LogP contribution in [0.5, 0.6) is 0 Å². The van der Waals surface area contributed by atoms with E-state index in [2.05, 4.69) is 26.8 Å². The van der Waals surface area contributed by atoms with Gasteiger partial charge >= 0.3 is 0 Å². The van der Waals surface area contributed by atoms with Gasteiger partial charge in [-0.2, -0.15) is 0 Å². The molecule has 10 heavy (non-hydrogen) atoms. The number of halogens is 1. The van der Waals surface area contributed by atoms with Crippen LogP contribution in [0.2, 0.25) is 0 Å². The van der Waals surface area contributed by atoms with Gasteiger partial charge in [0.2, 0.25) is 0 Å². The van der Waals surface area contributed by atoms with Crippen molar-refractivity contribution in [2.75, 3.05) is 0 Å². The third-order valence-electron chi connectivity index (χ3n) is 2.87. The first-order valence-corrected chi connectivity index (χ1v) is 4.18. The molecule has 1 heteroatoms. The first kappa shape index (κ1) is 8.13. The Bertz CT molecular complexity index is 164. The summed E-state index contributed by atoms with van der Waals surface area (Å²) in [5.41, 5.74) is 0.496. The molecule has 0 spiro atoms. The fourth-order valence-electron chi connectivity index (χ4n) is 1.55. The van der Waals surface area contributed by atoms with E-state index in [-0.39, 0.29) is 0 Å². The van der Waals surface area contributed by atoms with Crippen LogP contribution < -0.4 is 0 Å². The fourth-order valence-corrected chi connectivity index (χ4v) is 1.68. The van der Waals surface area contributed by atoms with E-state index in [1.165, 1.54) is 0 Å². The second-order valence-electron chi connectivity index (χ2n) is 3.89. The minimum Gasteiger partial charge on any atom is -0.0898 e. The van der Waals surface area contributed by atoms with Gasteiger partial charge in [-0.1, -0.05) is 38.4 Å². The minimum absolute atomic E-state index is 0.496. The molecule has 58 valence electrons. The van der Waals surface area contributed by atoms with Crippen LogP contribution in [-0.2, 0) is 0 Å². The Morgan fingerprint density at radius 2 is 1.90 bits per heavy atom. The molecule has 0 radical (unpaired) electrons. The van der Waals surface area contributed by atoms with Gasteiger partial charge in [0, 0.05) is 5.03 Å². The lowest BCUT2D eigenvalue weighted by atomic mass is 10.1. The molecule has 0 aromatic rings. The molecule has 1 rings (SSSR count). The van der Waals surface area contributed by atoms with Crippen molar-refractivity contribution in [2.45, 2.75) is 27.7 Å². The Kier molecular flexibility index (Phi) is 1.84. The van der Waals surface area contributed by atoms with Crippen molar-refractivity contribution in [2.24, 2.45) is 17.3 Å². The second kappa shape index (κ2) is 2.27. The van der Waals surface area contributed by atoms with E-state index in [9.17, 15) is 0 Å². The fraction of sp³-hybridized carbons (Fsp3) is 0.778. The van der Waals surface area contributed by atoms with Crippen LogP contribution in [0.1, 0.15) is 27.7 Å². The van der Waals surface area contributed by atoms with E-state index in [0.717, 1.165) is 11.0 Å². The van der Waals surface area contributed by atoms with E-state index < -0.39 is 0 Å². The zero-order valence-corrected chi connectivity index (χ0v) is 7.87. The average molecular weight is 159 g/mol. The maximum atomic E-state index is 5.77. The minimum atomic E-state index is 0.496. The summed E-state index contributed by atoms with van der Waals surface area (Å²) in [5, 5.41) is 0.933. The molecule has 1 aliphatic rings. The number of rotatable bonds is 1.